The van der Waals surface area contributed by atoms with E-state index >= 15 is 0 Å². The number of ether oxygens (including phenoxy) is 2. The van der Waals surface area contributed by atoms with Crippen molar-refractivity contribution in [3.63, 3.8) is 0 Å². The molecule has 1 amide bonds. The third-order valence-electron chi connectivity index (χ3n) is 7.70. The second kappa shape index (κ2) is 12.4. The quantitative estimate of drug-likeness (QED) is 0.234. The number of rotatable bonds is 9. The predicted octanol–water partition coefficient (Wildman–Crippen LogP) is 6.53. The lowest BCUT2D eigenvalue weighted by Gasteiger charge is -2.37. The first-order valence-electron chi connectivity index (χ1n) is 13.7. The number of aromatic nitrogens is 1. The van der Waals surface area contributed by atoms with Crippen molar-refractivity contribution >= 4 is 27.3 Å². The van der Waals surface area contributed by atoms with Gasteiger partial charge in [-0.1, -0.05) is 6.07 Å². The number of benzene rings is 2. The summed E-state index contributed by atoms with van der Waals surface area (Å²) in [6, 6.07) is 11.7. The number of nitrogens with zero attached hydrogens (tertiary/aromatic N) is 2. The van der Waals surface area contributed by atoms with Crippen LogP contribution in [0.15, 0.2) is 48.7 Å². The van der Waals surface area contributed by atoms with Gasteiger partial charge in [-0.3, -0.25) is 4.79 Å². The summed E-state index contributed by atoms with van der Waals surface area (Å²) in [5, 5.41) is 14.0. The number of carbonyl (C=O) groups is 1. The van der Waals surface area contributed by atoms with E-state index < -0.39 is 23.3 Å². The van der Waals surface area contributed by atoms with Crippen molar-refractivity contribution in [3.05, 3.63) is 70.7 Å². The lowest BCUT2D eigenvalue weighted by molar-refractivity contribution is 0.0602. The number of halogens is 2. The Morgan fingerprint density at radius 3 is 2.51 bits per heavy atom. The maximum Gasteiger partial charge on any atom is 0.268 e. The van der Waals surface area contributed by atoms with Crippen molar-refractivity contribution in [3.8, 4) is 28.5 Å². The normalized spacial score (nSPS) is 17.0. The van der Waals surface area contributed by atoms with Gasteiger partial charge in [-0.2, -0.15) is 0 Å². The second-order valence-corrected chi connectivity index (χ2v) is 11.1. The van der Waals surface area contributed by atoms with Gasteiger partial charge in [0.15, 0.2) is 0 Å². The van der Waals surface area contributed by atoms with Crippen molar-refractivity contribution < 1.29 is 28.2 Å². The minimum atomic E-state index is -0.770. The Morgan fingerprint density at radius 1 is 1.10 bits per heavy atom. The van der Waals surface area contributed by atoms with Gasteiger partial charge in [0.1, 0.15) is 28.0 Å². The molecular weight excluding hydrogens is 548 g/mol. The molecule has 1 aliphatic carbocycles. The summed E-state index contributed by atoms with van der Waals surface area (Å²) in [5.41, 5.74) is 2.55. The Morgan fingerprint density at radius 2 is 1.83 bits per heavy atom. The number of fused-ring (bicyclic) bond motifs is 1. The van der Waals surface area contributed by atoms with E-state index in [9.17, 15) is 18.7 Å². The van der Waals surface area contributed by atoms with Crippen LogP contribution in [0.2, 0.25) is 0 Å². The van der Waals surface area contributed by atoms with Crippen LogP contribution in [-0.4, -0.2) is 53.7 Å². The maximum absolute atomic E-state index is 14.6. The molecule has 1 saturated carbocycles. The number of aromatic hydroxyl groups is 1. The fourth-order valence-corrected chi connectivity index (χ4v) is 6.59. The van der Waals surface area contributed by atoms with Gasteiger partial charge in [0, 0.05) is 36.5 Å². The highest BCUT2D eigenvalue weighted by molar-refractivity contribution is 7.21. The zero-order chi connectivity index (χ0) is 29.1. The van der Waals surface area contributed by atoms with Gasteiger partial charge in [0.2, 0.25) is 5.88 Å². The first-order valence-corrected chi connectivity index (χ1v) is 14.5. The van der Waals surface area contributed by atoms with Crippen LogP contribution >= 0.6 is 11.3 Å². The molecule has 0 bridgehead atoms. The van der Waals surface area contributed by atoms with Crippen LogP contribution < -0.4 is 14.8 Å². The van der Waals surface area contributed by atoms with Crippen LogP contribution in [0.5, 0.6) is 17.4 Å². The monoisotopic (exact) mass is 581 g/mol. The van der Waals surface area contributed by atoms with Crippen LogP contribution in [-0.2, 0) is 6.54 Å². The molecule has 7 nitrogen and oxygen atoms in total. The first kappa shape index (κ1) is 28.8. The molecule has 0 aliphatic heterocycles. The van der Waals surface area contributed by atoms with Gasteiger partial charge in [-0.05, 0) is 81.1 Å². The first-order chi connectivity index (χ1) is 19.8. The van der Waals surface area contributed by atoms with Crippen LogP contribution in [0.4, 0.5) is 8.78 Å². The number of nitrogens with one attached hydrogen (secondary N) is 1. The molecule has 5 rings (SSSR count). The molecule has 2 aromatic heterocycles. The molecule has 10 heteroatoms. The van der Waals surface area contributed by atoms with E-state index in [1.807, 2.05) is 44.3 Å². The SMILES string of the molecule is CCOc1cc(-c2ccc(OC)c(CN(C(=O)c3sc4c(F)ccc(F)c4c3O)C3CCC(NC)CC3)c2)ccn1. The van der Waals surface area contributed by atoms with Gasteiger partial charge in [0.25, 0.3) is 5.91 Å². The molecule has 0 radical (unpaired) electrons. The third kappa shape index (κ3) is 5.85. The van der Waals surface area contributed by atoms with Crippen molar-refractivity contribution in [2.45, 2.75) is 51.2 Å². The van der Waals surface area contributed by atoms with E-state index in [4.69, 9.17) is 9.47 Å². The van der Waals surface area contributed by atoms with Gasteiger partial charge in [-0.15, -0.1) is 11.3 Å². The molecule has 1 aliphatic rings. The number of methoxy groups -OCH3 is 1. The summed E-state index contributed by atoms with van der Waals surface area (Å²) >= 11 is 0.776. The second-order valence-electron chi connectivity index (χ2n) is 10.1. The van der Waals surface area contributed by atoms with Gasteiger partial charge in [-0.25, -0.2) is 13.8 Å². The molecule has 4 aromatic rings. The number of hydrogen-bond acceptors (Lipinski definition) is 7. The highest BCUT2D eigenvalue weighted by Crippen LogP contribution is 2.42. The van der Waals surface area contributed by atoms with E-state index in [0.717, 1.165) is 65.8 Å². The molecule has 2 aromatic carbocycles. The molecule has 41 heavy (non-hydrogen) atoms. The van der Waals surface area contributed by atoms with Crippen LogP contribution in [0, 0.1) is 11.6 Å². The zero-order valence-corrected chi connectivity index (χ0v) is 24.1. The lowest BCUT2D eigenvalue weighted by atomic mass is 9.89. The Balaban J connectivity index is 1.55. The average molecular weight is 582 g/mol. The number of carbonyl (C=O) groups excluding carboxylic acids is 1. The number of hydrogen-bond donors (Lipinski definition) is 2. The molecule has 216 valence electrons. The number of thiophene rings is 1. The molecule has 2 heterocycles. The third-order valence-corrected chi connectivity index (χ3v) is 8.87. The highest BCUT2D eigenvalue weighted by Gasteiger charge is 2.33. The van der Waals surface area contributed by atoms with Crippen molar-refractivity contribution in [2.24, 2.45) is 0 Å². The smallest absolute Gasteiger partial charge is 0.268 e. The summed E-state index contributed by atoms with van der Waals surface area (Å²) in [6.45, 7) is 2.58. The fraction of sp³-hybridized carbons (Fsp3) is 0.355. The average Bonchev–Trinajstić information content (AvgIpc) is 3.36. The van der Waals surface area contributed by atoms with E-state index in [2.05, 4.69) is 10.3 Å². The predicted molar refractivity (Wildman–Crippen MR) is 156 cm³/mol. The molecule has 1 fully saturated rings. The van der Waals surface area contributed by atoms with Crippen LogP contribution in [0.25, 0.3) is 21.2 Å². The fourth-order valence-electron chi connectivity index (χ4n) is 5.52. The summed E-state index contributed by atoms with van der Waals surface area (Å²) in [6.07, 6.45) is 4.93. The van der Waals surface area contributed by atoms with E-state index in [-0.39, 0.29) is 27.5 Å². The Hall–Kier alpha value is -3.76. The standard InChI is InChI=1S/C31H33F2N3O4S/c1-4-40-26-16-19(13-14-35-26)18-5-12-25(39-3)20(15-18)17-36(22-8-6-21(34-2)7-9-22)31(38)30-28(37)27-23(32)10-11-24(33)29(27)41-30/h5,10-16,21-22,34,37H,4,6-9,17H2,1-3H3. The summed E-state index contributed by atoms with van der Waals surface area (Å²) in [7, 11) is 3.50. The number of pyridine rings is 1. The van der Waals surface area contributed by atoms with Crippen molar-refractivity contribution in [1.82, 2.24) is 15.2 Å². The molecule has 0 unspecified atom stereocenters. The van der Waals surface area contributed by atoms with Crippen LogP contribution in [0.3, 0.4) is 0 Å². The summed E-state index contributed by atoms with van der Waals surface area (Å²) in [4.78, 5) is 20.0. The van der Waals surface area contributed by atoms with E-state index in [1.165, 1.54) is 0 Å². The molecule has 0 saturated heterocycles. The Bertz CT molecular complexity index is 1550. The Kier molecular flexibility index (Phi) is 8.70. The topological polar surface area (TPSA) is 83.9 Å². The largest absolute Gasteiger partial charge is 0.505 e. The summed E-state index contributed by atoms with van der Waals surface area (Å²) < 4.78 is 40.3. The van der Waals surface area contributed by atoms with Crippen LogP contribution in [0.1, 0.15) is 47.8 Å². The number of amides is 1. The van der Waals surface area contributed by atoms with E-state index in [1.54, 1.807) is 18.2 Å². The van der Waals surface area contributed by atoms with Crippen molar-refractivity contribution in [2.75, 3.05) is 20.8 Å². The zero-order valence-electron chi connectivity index (χ0n) is 23.2. The lowest BCUT2D eigenvalue weighted by Crippen LogP contribution is -2.44. The van der Waals surface area contributed by atoms with Crippen molar-refractivity contribution in [1.29, 1.82) is 0 Å². The molecule has 2 N–H and O–H groups in total. The maximum atomic E-state index is 14.6. The van der Waals surface area contributed by atoms with Gasteiger partial charge in [0.05, 0.1) is 23.8 Å². The minimum Gasteiger partial charge on any atom is -0.505 e. The molecule has 0 atom stereocenters. The highest BCUT2D eigenvalue weighted by atomic mass is 32.1. The van der Waals surface area contributed by atoms with Gasteiger partial charge < -0.3 is 24.8 Å². The minimum absolute atomic E-state index is 0.0768. The molecular formula is C31H33F2N3O4S. The summed E-state index contributed by atoms with van der Waals surface area (Å²) in [5.74, 6) is -1.33. The van der Waals surface area contributed by atoms with E-state index in [0.29, 0.717) is 24.3 Å². The molecule has 0 spiro atoms. The van der Waals surface area contributed by atoms with Gasteiger partial charge >= 0.3 is 0 Å². The Labute approximate surface area is 241 Å².